The first-order valence-corrected chi connectivity index (χ1v) is 6.93. The number of aromatic carboxylic acids is 1. The van der Waals surface area contributed by atoms with E-state index in [4.69, 9.17) is 9.94 Å². The summed E-state index contributed by atoms with van der Waals surface area (Å²) < 4.78 is 8.84. The maximum absolute atomic E-state index is 10.6. The van der Waals surface area contributed by atoms with Gasteiger partial charge >= 0.3 is 5.97 Å². The third-order valence-corrected chi connectivity index (χ3v) is 4.42. The highest BCUT2D eigenvalue weighted by Gasteiger charge is 2.02. The number of H-pyrrole nitrogens is 1. The van der Waals surface area contributed by atoms with Crippen molar-refractivity contribution in [2.45, 2.75) is 0 Å². The minimum atomic E-state index is -0.942. The molecule has 1 heterocycles. The van der Waals surface area contributed by atoms with Crippen molar-refractivity contribution in [1.29, 1.82) is 0 Å². The molecule has 6 nitrogen and oxygen atoms in total. The van der Waals surface area contributed by atoms with E-state index < -0.39 is 5.97 Å². The summed E-state index contributed by atoms with van der Waals surface area (Å²) in [6, 6.07) is 6.27. The summed E-state index contributed by atoms with van der Waals surface area (Å²) in [5, 5.41) is 8.72. The number of aromatic nitrogens is 3. The summed E-state index contributed by atoms with van der Waals surface area (Å²) in [5.41, 5.74) is 0.246. The lowest BCUT2D eigenvalue weighted by molar-refractivity contribution is 0.0697. The van der Waals surface area contributed by atoms with Gasteiger partial charge in [-0.3, -0.25) is 0 Å². The number of nitrogens with one attached hydrogen (secondary N) is 1. The number of hydrogen-bond acceptors (Lipinski definition) is 3. The molecule has 0 amide bonds. The number of carboxylic acids is 1. The monoisotopic (exact) mass is 275 g/mol. The van der Waals surface area contributed by atoms with Crippen LogP contribution in [0.15, 0.2) is 24.3 Å². The molecule has 1 aromatic carbocycles. The van der Waals surface area contributed by atoms with E-state index in [1.165, 1.54) is 12.1 Å². The van der Waals surface area contributed by atoms with Gasteiger partial charge in [-0.15, -0.1) is 4.26 Å². The molecule has 2 unspecified atom stereocenters. The molecule has 16 heavy (non-hydrogen) atoms. The first-order valence-electron chi connectivity index (χ1n) is 4.23. The Labute approximate surface area is 95.6 Å². The van der Waals surface area contributed by atoms with Crippen LogP contribution in [0.3, 0.4) is 0 Å². The summed E-state index contributed by atoms with van der Waals surface area (Å²) in [6.07, 6.45) is 0. The van der Waals surface area contributed by atoms with E-state index in [1.807, 2.05) is 0 Å². The quantitative estimate of drug-likeness (QED) is 0.901. The highest BCUT2D eigenvalue weighted by atomic mass is 31.1. The van der Waals surface area contributed by atoms with Crippen LogP contribution in [-0.4, -0.2) is 24.3 Å². The molecule has 0 aliphatic carbocycles. The topological polar surface area (TPSA) is 80.1 Å². The average molecular weight is 275 g/mol. The highest BCUT2D eigenvalue weighted by molar-refractivity contribution is 7.44. The van der Waals surface area contributed by atoms with E-state index >= 15 is 0 Å². The molecule has 1 aromatic heterocycles. The zero-order chi connectivity index (χ0) is 11.4. The normalized spacial score (nSPS) is 11.2. The molecule has 2 aromatic rings. The minimum absolute atomic E-state index is 0.246. The zero-order valence-corrected chi connectivity index (χ0v) is 10.8. The van der Waals surface area contributed by atoms with Crippen molar-refractivity contribution in [1.82, 2.24) is 13.3 Å². The lowest BCUT2D eigenvalue weighted by Gasteiger charge is -2.05. The number of benzene rings is 1. The smallest absolute Gasteiger partial charge is 0.335 e. The predicted octanol–water partition coefficient (Wildman–Crippen LogP) is 2.52. The van der Waals surface area contributed by atoms with Crippen LogP contribution in [-0.2, 0) is 0 Å². The van der Waals surface area contributed by atoms with Gasteiger partial charge in [0.1, 0.15) is 0 Å². The van der Waals surface area contributed by atoms with Crippen LogP contribution in [0.25, 0.3) is 0 Å². The van der Waals surface area contributed by atoms with E-state index in [-0.39, 0.29) is 5.56 Å². The van der Waals surface area contributed by atoms with Crippen LogP contribution in [0.2, 0.25) is 0 Å². The van der Waals surface area contributed by atoms with Crippen LogP contribution in [0.1, 0.15) is 10.4 Å². The molecular formula is C7H8N3O3P3. The number of carbonyl (C=O) groups is 1. The molecule has 0 aliphatic rings. The largest absolute Gasteiger partial charge is 0.478 e. The van der Waals surface area contributed by atoms with Gasteiger partial charge in [0.05, 0.1) is 14.1 Å². The van der Waals surface area contributed by atoms with Gasteiger partial charge in [0.15, 0.2) is 14.3 Å². The van der Waals surface area contributed by atoms with Gasteiger partial charge in [-0.2, -0.15) is 4.51 Å². The summed E-state index contributed by atoms with van der Waals surface area (Å²) in [4.78, 5) is 16.1. The first kappa shape index (κ1) is 11.3. The molecule has 2 rings (SSSR count). The van der Waals surface area contributed by atoms with Crippen molar-refractivity contribution >= 4 is 31.5 Å². The number of rotatable bonds is 3. The van der Waals surface area contributed by atoms with E-state index in [0.29, 0.717) is 22.8 Å². The first-order chi connectivity index (χ1) is 7.75. The number of hydrogen-bond donors (Lipinski definition) is 2. The highest BCUT2D eigenvalue weighted by Crippen LogP contribution is 2.17. The van der Waals surface area contributed by atoms with Gasteiger partial charge in [0.2, 0.25) is 0 Å². The summed E-state index contributed by atoms with van der Waals surface area (Å²) >= 11 is 0. The van der Waals surface area contributed by atoms with Gasteiger partial charge in [-0.25, -0.2) is 4.79 Å². The fourth-order valence-corrected chi connectivity index (χ4v) is 4.03. The second kappa shape index (κ2) is 5.22. The fourth-order valence-electron chi connectivity index (χ4n) is 0.982. The second-order valence-electron chi connectivity index (χ2n) is 2.73. The van der Waals surface area contributed by atoms with E-state index in [1.54, 1.807) is 16.4 Å². The fraction of sp³-hybridized carbons (Fsp3) is 0. The Morgan fingerprint density at radius 3 is 2.81 bits per heavy atom. The van der Waals surface area contributed by atoms with Gasteiger partial charge in [-0.1, -0.05) is 0 Å². The number of nitrogens with zero attached hydrogens (tertiary/aromatic N) is 2. The molecule has 0 saturated heterocycles. The maximum atomic E-state index is 10.6. The lowest BCUT2D eigenvalue weighted by atomic mass is 10.2. The second-order valence-corrected chi connectivity index (χ2v) is 6.30. The van der Waals surface area contributed by atoms with Crippen LogP contribution in [0, 0.1) is 0 Å². The predicted molar refractivity (Wildman–Crippen MR) is 65.1 cm³/mol. The Bertz CT molecular complexity index is 493. The van der Waals surface area contributed by atoms with Crippen molar-refractivity contribution < 1.29 is 14.7 Å². The Balaban J connectivity index is 2.14. The minimum Gasteiger partial charge on any atom is -0.478 e. The Kier molecular flexibility index (Phi) is 3.68. The summed E-state index contributed by atoms with van der Waals surface area (Å²) in [7, 11) is 1.55. The van der Waals surface area contributed by atoms with Crippen LogP contribution in [0.5, 0.6) is 5.75 Å². The van der Waals surface area contributed by atoms with Crippen molar-refractivity contribution in [2.75, 3.05) is 0 Å². The maximum Gasteiger partial charge on any atom is 0.335 e. The zero-order valence-electron chi connectivity index (χ0n) is 7.91. The number of carboxylic acid groups (broad SMARTS) is 1. The van der Waals surface area contributed by atoms with Crippen LogP contribution in [0.4, 0.5) is 0 Å². The molecule has 0 aliphatic heterocycles. The Hall–Kier alpha value is -1.21. The van der Waals surface area contributed by atoms with E-state index in [0.717, 1.165) is 8.51 Å². The van der Waals surface area contributed by atoms with Crippen molar-refractivity contribution in [3.63, 3.8) is 0 Å². The summed E-state index contributed by atoms with van der Waals surface area (Å²) in [5.74, 6) is -0.338. The molecule has 9 heteroatoms. The molecule has 84 valence electrons. The van der Waals surface area contributed by atoms with Gasteiger partial charge < -0.3 is 14.5 Å². The molecule has 0 fully saturated rings. The molecule has 2 N–H and O–H groups in total. The third kappa shape index (κ3) is 2.89. The van der Waals surface area contributed by atoms with E-state index in [2.05, 4.69) is 9.02 Å². The Morgan fingerprint density at radius 2 is 2.25 bits per heavy atom. The summed E-state index contributed by atoms with van der Waals surface area (Å²) in [6.45, 7) is 0. The van der Waals surface area contributed by atoms with Crippen molar-refractivity contribution in [3.8, 4) is 5.75 Å². The molecular weight excluding hydrogens is 267 g/mol. The van der Waals surface area contributed by atoms with Crippen LogP contribution < -0.4 is 4.84 Å². The molecule has 0 spiro atoms. The van der Waals surface area contributed by atoms with Gasteiger partial charge in [-0.05, 0) is 24.3 Å². The van der Waals surface area contributed by atoms with Crippen molar-refractivity contribution in [2.24, 2.45) is 0 Å². The Morgan fingerprint density at radius 1 is 1.50 bits per heavy atom. The van der Waals surface area contributed by atoms with Gasteiger partial charge in [0.25, 0.3) is 0 Å². The average Bonchev–Trinajstić information content (AvgIpc) is 2.31. The van der Waals surface area contributed by atoms with Gasteiger partial charge in [0, 0.05) is 8.51 Å². The SMILES string of the molecule is O=C(O)c1ccc(On2pn[pH][nH][pH]2)cc1. The molecule has 2 atom stereocenters. The van der Waals surface area contributed by atoms with E-state index in [9.17, 15) is 4.79 Å². The molecule has 0 radical (unpaired) electrons. The van der Waals surface area contributed by atoms with Crippen LogP contribution >= 0.6 is 25.5 Å². The van der Waals surface area contributed by atoms with Crippen molar-refractivity contribution in [3.05, 3.63) is 29.8 Å². The molecule has 0 saturated carbocycles. The molecule has 0 bridgehead atoms. The number of aromatic amines is 1. The third-order valence-electron chi connectivity index (χ3n) is 1.68. The lowest BCUT2D eigenvalue weighted by Crippen LogP contribution is -1.99. The standard InChI is InChI=1S/C7H8N3O3P3/c11-7(12)5-1-3-6(4-2-5)13-10-15-8-14-9-16-10/h1-4,8,14-15H,(H,11,12).